The molecular formula is C23H27N3O6S. The highest BCUT2D eigenvalue weighted by molar-refractivity contribution is 7.10. The Morgan fingerprint density at radius 2 is 2.00 bits per heavy atom. The van der Waals surface area contributed by atoms with Gasteiger partial charge in [-0.3, -0.25) is 14.5 Å². The number of nitrogens with one attached hydrogen (secondary N) is 1. The quantitative estimate of drug-likeness (QED) is 0.286. The molecule has 9 nitrogen and oxygen atoms in total. The summed E-state index contributed by atoms with van der Waals surface area (Å²) in [6.07, 6.45) is 0. The topological polar surface area (TPSA) is 112 Å². The Balaban J connectivity index is 1.75. The smallest absolute Gasteiger partial charge is 0.354 e. The van der Waals surface area contributed by atoms with E-state index in [-0.39, 0.29) is 17.0 Å². The molecule has 0 saturated carbocycles. The lowest BCUT2D eigenvalue weighted by molar-refractivity contribution is -0.140. The van der Waals surface area contributed by atoms with E-state index in [9.17, 15) is 19.5 Å². The van der Waals surface area contributed by atoms with Crippen LogP contribution in [0.1, 0.15) is 38.2 Å². The van der Waals surface area contributed by atoms with Gasteiger partial charge < -0.3 is 24.5 Å². The summed E-state index contributed by atoms with van der Waals surface area (Å²) >= 11 is 1.42. The Bertz CT molecular complexity index is 1100. The number of carbonyl (C=O) groups is 3. The molecule has 33 heavy (non-hydrogen) atoms. The molecule has 2 aromatic rings. The van der Waals surface area contributed by atoms with Gasteiger partial charge in [-0.1, -0.05) is 6.07 Å². The number of carbonyl (C=O) groups excluding carboxylic acids is 3. The van der Waals surface area contributed by atoms with Crippen molar-refractivity contribution >= 4 is 34.8 Å². The Labute approximate surface area is 195 Å². The number of ketones is 1. The van der Waals surface area contributed by atoms with Gasteiger partial charge in [0.1, 0.15) is 11.5 Å². The first-order valence-electron chi connectivity index (χ1n) is 10.7. The maximum absolute atomic E-state index is 13.2. The van der Waals surface area contributed by atoms with E-state index in [0.29, 0.717) is 43.1 Å². The summed E-state index contributed by atoms with van der Waals surface area (Å²) < 4.78 is 10.2. The number of rotatable bonds is 6. The first kappa shape index (κ1) is 23.2. The fourth-order valence-electron chi connectivity index (χ4n) is 4.47. The molecule has 4 rings (SSSR count). The second-order valence-corrected chi connectivity index (χ2v) is 9.06. The first-order chi connectivity index (χ1) is 15.8. The first-order valence-corrected chi connectivity index (χ1v) is 11.6. The van der Waals surface area contributed by atoms with Crippen LogP contribution in [0.4, 0.5) is 0 Å². The molecule has 2 aliphatic rings. The van der Waals surface area contributed by atoms with Gasteiger partial charge in [0.2, 0.25) is 0 Å². The van der Waals surface area contributed by atoms with Crippen LogP contribution in [-0.2, 0) is 19.1 Å². The summed E-state index contributed by atoms with van der Waals surface area (Å²) in [7, 11) is 1.27. The van der Waals surface area contributed by atoms with Crippen molar-refractivity contribution in [3.63, 3.8) is 0 Å². The number of likely N-dealkylation sites (tertiary alicyclic amines) is 1. The second-order valence-electron chi connectivity index (χ2n) is 8.08. The number of nitrogens with zero attached hydrogens (tertiary/aromatic N) is 2. The van der Waals surface area contributed by atoms with E-state index in [4.69, 9.17) is 9.47 Å². The molecule has 0 aromatic carbocycles. The number of esters is 1. The summed E-state index contributed by atoms with van der Waals surface area (Å²) in [4.78, 5) is 45.8. The summed E-state index contributed by atoms with van der Waals surface area (Å²) in [6, 6.07) is 3.01. The van der Waals surface area contributed by atoms with Gasteiger partial charge >= 0.3 is 5.97 Å². The number of morpholine rings is 1. The van der Waals surface area contributed by atoms with Crippen molar-refractivity contribution in [2.45, 2.75) is 19.9 Å². The summed E-state index contributed by atoms with van der Waals surface area (Å²) in [5.41, 5.74) is 1.54. The number of methoxy groups -OCH3 is 1. The molecule has 1 atom stereocenters. The van der Waals surface area contributed by atoms with Crippen LogP contribution in [0.15, 0.2) is 23.1 Å². The van der Waals surface area contributed by atoms with E-state index < -0.39 is 23.7 Å². The zero-order chi connectivity index (χ0) is 23.7. The van der Waals surface area contributed by atoms with Gasteiger partial charge in [0.15, 0.2) is 0 Å². The Kier molecular flexibility index (Phi) is 6.68. The molecular weight excluding hydrogens is 446 g/mol. The van der Waals surface area contributed by atoms with Gasteiger partial charge in [-0.25, -0.2) is 4.79 Å². The minimum absolute atomic E-state index is 0.0334. The fourth-order valence-corrected chi connectivity index (χ4v) is 5.32. The SMILES string of the molecule is COC(=O)c1[nH]c(C)c(/C(O)=C2\C(=O)C(=O)N(CCN3CCOCC3)[C@@H]2c2cccs2)c1C. The van der Waals surface area contributed by atoms with Crippen LogP contribution in [0.2, 0.25) is 0 Å². The molecule has 2 aromatic heterocycles. The predicted octanol–water partition coefficient (Wildman–Crippen LogP) is 2.23. The standard InChI is InChI=1S/C23H27N3O6S/c1-13-16(14(2)24-18(13)23(30)31-3)20(27)17-19(15-5-4-12-33-15)26(22(29)21(17)28)7-6-25-8-10-32-11-9-25/h4-5,12,19,24,27H,6-11H2,1-3H3/b20-17+/t19-/m1/s1. The third-order valence-electron chi connectivity index (χ3n) is 6.18. The molecule has 1 amide bonds. The molecule has 176 valence electrons. The van der Waals surface area contributed by atoms with Gasteiger partial charge in [0, 0.05) is 42.3 Å². The van der Waals surface area contributed by atoms with E-state index in [1.165, 1.54) is 23.3 Å². The van der Waals surface area contributed by atoms with Crippen molar-refractivity contribution in [1.29, 1.82) is 0 Å². The Hall–Kier alpha value is -2.95. The average molecular weight is 474 g/mol. The maximum Gasteiger partial charge on any atom is 0.354 e. The number of aromatic amines is 1. The van der Waals surface area contributed by atoms with E-state index in [0.717, 1.165) is 18.0 Å². The van der Waals surface area contributed by atoms with E-state index in [1.807, 2.05) is 17.5 Å². The average Bonchev–Trinajstić information content (AvgIpc) is 3.51. The van der Waals surface area contributed by atoms with Crippen LogP contribution in [0.3, 0.4) is 0 Å². The van der Waals surface area contributed by atoms with Crippen molar-refractivity contribution in [1.82, 2.24) is 14.8 Å². The van der Waals surface area contributed by atoms with Gasteiger partial charge in [0.25, 0.3) is 11.7 Å². The predicted molar refractivity (Wildman–Crippen MR) is 122 cm³/mol. The monoisotopic (exact) mass is 473 g/mol. The molecule has 0 aliphatic carbocycles. The number of aromatic nitrogens is 1. The van der Waals surface area contributed by atoms with Gasteiger partial charge in [-0.05, 0) is 30.9 Å². The second kappa shape index (κ2) is 9.50. The van der Waals surface area contributed by atoms with Crippen LogP contribution in [0.25, 0.3) is 5.76 Å². The van der Waals surface area contributed by atoms with Crippen LogP contribution in [0.5, 0.6) is 0 Å². The highest BCUT2D eigenvalue weighted by atomic mass is 32.1. The zero-order valence-corrected chi connectivity index (χ0v) is 19.7. The lowest BCUT2D eigenvalue weighted by atomic mass is 9.97. The van der Waals surface area contributed by atoms with Gasteiger partial charge in [-0.15, -0.1) is 11.3 Å². The number of H-pyrrole nitrogens is 1. The number of aliphatic hydroxyl groups is 1. The lowest BCUT2D eigenvalue weighted by Gasteiger charge is -2.30. The number of aliphatic hydroxyl groups excluding tert-OH is 1. The van der Waals surface area contributed by atoms with Crippen molar-refractivity contribution in [3.05, 3.63) is 50.5 Å². The van der Waals surface area contributed by atoms with Crippen molar-refractivity contribution < 1.29 is 29.0 Å². The van der Waals surface area contributed by atoms with E-state index in [1.54, 1.807) is 13.8 Å². The van der Waals surface area contributed by atoms with E-state index in [2.05, 4.69) is 9.88 Å². The molecule has 0 spiro atoms. The molecule has 10 heteroatoms. The van der Waals surface area contributed by atoms with Crippen molar-refractivity contribution in [3.8, 4) is 0 Å². The minimum atomic E-state index is -0.729. The lowest BCUT2D eigenvalue weighted by Crippen LogP contribution is -2.42. The number of Topliss-reactive ketones (excluding diaryl/α,β-unsaturated/α-hetero) is 1. The number of amides is 1. The summed E-state index contributed by atoms with van der Waals surface area (Å²) in [5, 5.41) is 13.2. The highest BCUT2D eigenvalue weighted by Gasteiger charge is 2.47. The number of hydrogen-bond acceptors (Lipinski definition) is 8. The molecule has 0 bridgehead atoms. The molecule has 2 saturated heterocycles. The Morgan fingerprint density at radius 1 is 1.27 bits per heavy atom. The molecule has 2 N–H and O–H groups in total. The largest absolute Gasteiger partial charge is 0.507 e. The molecule has 0 unspecified atom stereocenters. The maximum atomic E-state index is 13.2. The normalized spacial score (nSPS) is 21.1. The number of thiophene rings is 1. The number of ether oxygens (including phenoxy) is 2. The van der Waals surface area contributed by atoms with Crippen LogP contribution < -0.4 is 0 Å². The molecule has 2 aliphatic heterocycles. The van der Waals surface area contributed by atoms with Crippen molar-refractivity contribution in [2.24, 2.45) is 0 Å². The van der Waals surface area contributed by atoms with Crippen LogP contribution in [-0.4, -0.2) is 84.1 Å². The summed E-state index contributed by atoms with van der Waals surface area (Å²) in [5.74, 6) is -2.23. The number of hydrogen-bond donors (Lipinski definition) is 2. The fraction of sp³-hybridized carbons (Fsp3) is 0.435. The zero-order valence-electron chi connectivity index (χ0n) is 18.8. The molecule has 4 heterocycles. The van der Waals surface area contributed by atoms with Gasteiger partial charge in [0.05, 0.1) is 31.9 Å². The van der Waals surface area contributed by atoms with Crippen LogP contribution in [0, 0.1) is 13.8 Å². The molecule has 2 fully saturated rings. The third kappa shape index (κ3) is 4.21. The highest BCUT2D eigenvalue weighted by Crippen LogP contribution is 2.42. The minimum Gasteiger partial charge on any atom is -0.507 e. The third-order valence-corrected chi connectivity index (χ3v) is 7.10. The Morgan fingerprint density at radius 3 is 2.64 bits per heavy atom. The van der Waals surface area contributed by atoms with Crippen molar-refractivity contribution in [2.75, 3.05) is 46.5 Å². The van der Waals surface area contributed by atoms with E-state index >= 15 is 0 Å². The molecule has 0 radical (unpaired) electrons. The van der Waals surface area contributed by atoms with Crippen LogP contribution >= 0.6 is 11.3 Å². The van der Waals surface area contributed by atoms with Gasteiger partial charge in [-0.2, -0.15) is 0 Å². The number of aryl methyl sites for hydroxylation is 1. The summed E-state index contributed by atoms with van der Waals surface area (Å²) in [6.45, 7) is 7.14.